The topological polar surface area (TPSA) is 45.2 Å². The minimum absolute atomic E-state index is 0.00199. The summed E-state index contributed by atoms with van der Waals surface area (Å²) in [6.45, 7) is 4.80. The van der Waals surface area contributed by atoms with Crippen molar-refractivity contribution < 1.29 is 4.79 Å². The first kappa shape index (κ1) is 18.9. The van der Waals surface area contributed by atoms with Crippen LogP contribution in [-0.4, -0.2) is 34.9 Å². The molecule has 0 bridgehead atoms. The van der Waals surface area contributed by atoms with Gasteiger partial charge in [-0.25, -0.2) is 0 Å². The maximum absolute atomic E-state index is 12.9. The van der Waals surface area contributed by atoms with Crippen LogP contribution in [0.1, 0.15) is 34.5 Å². The molecule has 1 fully saturated rings. The predicted octanol–water partition coefficient (Wildman–Crippen LogP) is 4.59. The molecule has 0 atom stereocenters. The second-order valence-corrected chi connectivity index (χ2v) is 7.92. The van der Waals surface area contributed by atoms with Crippen LogP contribution in [0, 0.1) is 6.92 Å². The number of piperidine rings is 1. The largest absolute Gasteiger partial charge is 0.349 e. The lowest BCUT2D eigenvalue weighted by molar-refractivity contribution is 0.0910. The normalized spacial score (nSPS) is 15.6. The number of amides is 1. The third-order valence-electron chi connectivity index (χ3n) is 5.33. The summed E-state index contributed by atoms with van der Waals surface area (Å²) in [6, 6.07) is 17.9. The summed E-state index contributed by atoms with van der Waals surface area (Å²) in [5.74, 6) is -0.00199. The van der Waals surface area contributed by atoms with Crippen molar-refractivity contribution in [3.63, 3.8) is 0 Å². The Labute approximate surface area is 170 Å². The van der Waals surface area contributed by atoms with Gasteiger partial charge in [-0.3, -0.25) is 14.7 Å². The third-order valence-corrected chi connectivity index (χ3v) is 5.58. The molecule has 144 valence electrons. The predicted molar refractivity (Wildman–Crippen MR) is 114 cm³/mol. The standard InChI is InChI=1S/C23H24ClN3O/c1-16-14-21(20-4-2-3-5-22(20)25-16)23(28)26-19-10-12-27(13-11-19)15-17-6-8-18(24)9-7-17/h2-9,14,19H,10-13,15H2,1H3,(H,26,28). The summed E-state index contributed by atoms with van der Waals surface area (Å²) in [6.07, 6.45) is 1.92. The first-order chi connectivity index (χ1) is 13.6. The van der Waals surface area contributed by atoms with Crippen molar-refractivity contribution in [2.45, 2.75) is 32.4 Å². The molecular formula is C23H24ClN3O. The molecule has 4 rings (SSSR count). The highest BCUT2D eigenvalue weighted by Gasteiger charge is 2.22. The van der Waals surface area contributed by atoms with Crippen molar-refractivity contribution in [1.82, 2.24) is 15.2 Å². The molecule has 0 unspecified atom stereocenters. The fourth-order valence-corrected chi connectivity index (χ4v) is 3.97. The third kappa shape index (κ3) is 4.34. The van der Waals surface area contributed by atoms with Crippen molar-refractivity contribution in [2.75, 3.05) is 13.1 Å². The van der Waals surface area contributed by atoms with E-state index in [0.29, 0.717) is 5.56 Å². The van der Waals surface area contributed by atoms with Crippen LogP contribution in [0.4, 0.5) is 0 Å². The molecule has 0 aliphatic carbocycles. The van der Waals surface area contributed by atoms with Gasteiger partial charge in [-0.05, 0) is 49.6 Å². The summed E-state index contributed by atoms with van der Waals surface area (Å²) in [7, 11) is 0. The number of pyridine rings is 1. The molecular weight excluding hydrogens is 370 g/mol. The number of hydrogen-bond donors (Lipinski definition) is 1. The number of hydrogen-bond acceptors (Lipinski definition) is 3. The van der Waals surface area contributed by atoms with E-state index in [1.54, 1.807) is 0 Å². The maximum Gasteiger partial charge on any atom is 0.252 e. The van der Waals surface area contributed by atoms with Gasteiger partial charge in [-0.15, -0.1) is 0 Å². The number of likely N-dealkylation sites (tertiary alicyclic amines) is 1. The number of benzene rings is 2. The maximum atomic E-state index is 12.9. The van der Waals surface area contributed by atoms with E-state index in [9.17, 15) is 4.79 Å². The smallest absolute Gasteiger partial charge is 0.252 e. The molecule has 0 spiro atoms. The molecule has 1 aromatic heterocycles. The van der Waals surface area contributed by atoms with E-state index in [2.05, 4.69) is 27.3 Å². The van der Waals surface area contributed by atoms with Gasteiger partial charge in [0.1, 0.15) is 0 Å². The zero-order chi connectivity index (χ0) is 19.5. The number of rotatable bonds is 4. The van der Waals surface area contributed by atoms with E-state index in [4.69, 9.17) is 11.6 Å². The number of nitrogens with one attached hydrogen (secondary N) is 1. The van der Waals surface area contributed by atoms with Gasteiger partial charge >= 0.3 is 0 Å². The van der Waals surface area contributed by atoms with Gasteiger partial charge in [0.05, 0.1) is 11.1 Å². The fraction of sp³-hybridized carbons (Fsp3) is 0.304. The van der Waals surface area contributed by atoms with E-state index in [1.807, 2.05) is 49.4 Å². The van der Waals surface area contributed by atoms with Crippen molar-refractivity contribution >= 4 is 28.4 Å². The Hall–Kier alpha value is -2.43. The fourth-order valence-electron chi connectivity index (χ4n) is 3.84. The monoisotopic (exact) mass is 393 g/mol. The summed E-state index contributed by atoms with van der Waals surface area (Å²) in [4.78, 5) is 19.9. The molecule has 1 aliphatic heterocycles. The highest BCUT2D eigenvalue weighted by Crippen LogP contribution is 2.20. The second-order valence-electron chi connectivity index (χ2n) is 7.48. The Kier molecular flexibility index (Phi) is 5.60. The minimum Gasteiger partial charge on any atom is -0.349 e. The van der Waals surface area contributed by atoms with E-state index >= 15 is 0 Å². The molecule has 2 aromatic carbocycles. The van der Waals surface area contributed by atoms with Crippen LogP contribution < -0.4 is 5.32 Å². The van der Waals surface area contributed by atoms with Gasteiger partial charge in [0, 0.05) is 41.8 Å². The SMILES string of the molecule is Cc1cc(C(=O)NC2CCN(Cc3ccc(Cl)cc3)CC2)c2ccccc2n1. The second kappa shape index (κ2) is 8.29. The zero-order valence-corrected chi connectivity index (χ0v) is 16.7. The highest BCUT2D eigenvalue weighted by atomic mass is 35.5. The van der Waals surface area contributed by atoms with Crippen molar-refractivity contribution in [3.8, 4) is 0 Å². The van der Waals surface area contributed by atoms with E-state index in [0.717, 1.165) is 54.1 Å². The first-order valence-corrected chi connectivity index (χ1v) is 10.1. The molecule has 2 heterocycles. The average molecular weight is 394 g/mol. The van der Waals surface area contributed by atoms with E-state index < -0.39 is 0 Å². The Morgan fingerprint density at radius 3 is 2.61 bits per heavy atom. The van der Waals surface area contributed by atoms with Gasteiger partial charge in [0.25, 0.3) is 5.91 Å². The Bertz CT molecular complexity index is 979. The Balaban J connectivity index is 1.37. The molecule has 28 heavy (non-hydrogen) atoms. The molecule has 3 aromatic rings. The molecule has 1 saturated heterocycles. The lowest BCUT2D eigenvalue weighted by atomic mass is 10.0. The first-order valence-electron chi connectivity index (χ1n) is 9.72. The molecule has 4 nitrogen and oxygen atoms in total. The van der Waals surface area contributed by atoms with Gasteiger partial charge in [-0.2, -0.15) is 0 Å². The number of carbonyl (C=O) groups excluding carboxylic acids is 1. The molecule has 0 saturated carbocycles. The number of aryl methyl sites for hydroxylation is 1. The highest BCUT2D eigenvalue weighted by molar-refractivity contribution is 6.30. The van der Waals surface area contributed by atoms with Crippen LogP contribution in [0.3, 0.4) is 0 Å². The van der Waals surface area contributed by atoms with Crippen molar-refractivity contribution in [1.29, 1.82) is 0 Å². The van der Waals surface area contributed by atoms with Crippen LogP contribution in [0.5, 0.6) is 0 Å². The minimum atomic E-state index is -0.00199. The molecule has 0 radical (unpaired) electrons. The van der Waals surface area contributed by atoms with Crippen LogP contribution >= 0.6 is 11.6 Å². The number of nitrogens with zero attached hydrogens (tertiary/aromatic N) is 2. The van der Waals surface area contributed by atoms with Crippen molar-refractivity contribution in [2.24, 2.45) is 0 Å². The quantitative estimate of drug-likeness (QED) is 0.705. The number of para-hydroxylation sites is 1. The molecule has 1 N–H and O–H groups in total. The van der Waals surface area contributed by atoms with Crippen LogP contribution in [0.15, 0.2) is 54.6 Å². The van der Waals surface area contributed by atoms with Gasteiger partial charge in [0.2, 0.25) is 0 Å². The van der Waals surface area contributed by atoms with Gasteiger partial charge in [-0.1, -0.05) is 41.9 Å². The lowest BCUT2D eigenvalue weighted by Gasteiger charge is -2.32. The summed E-state index contributed by atoms with van der Waals surface area (Å²) >= 11 is 5.96. The van der Waals surface area contributed by atoms with E-state index in [-0.39, 0.29) is 11.9 Å². The number of fused-ring (bicyclic) bond motifs is 1. The summed E-state index contributed by atoms with van der Waals surface area (Å²) < 4.78 is 0. The van der Waals surface area contributed by atoms with Gasteiger partial charge in [0.15, 0.2) is 0 Å². The number of carbonyl (C=O) groups is 1. The Morgan fingerprint density at radius 1 is 1.14 bits per heavy atom. The zero-order valence-electron chi connectivity index (χ0n) is 16.0. The molecule has 1 aliphatic rings. The summed E-state index contributed by atoms with van der Waals surface area (Å²) in [5.41, 5.74) is 3.71. The van der Waals surface area contributed by atoms with Crippen molar-refractivity contribution in [3.05, 3.63) is 76.4 Å². The number of halogens is 1. The van der Waals surface area contributed by atoms with E-state index in [1.165, 1.54) is 5.56 Å². The number of aromatic nitrogens is 1. The van der Waals surface area contributed by atoms with Crippen LogP contribution in [0.2, 0.25) is 5.02 Å². The summed E-state index contributed by atoms with van der Waals surface area (Å²) in [5, 5.41) is 4.91. The molecule has 1 amide bonds. The average Bonchev–Trinajstić information content (AvgIpc) is 2.70. The van der Waals surface area contributed by atoms with Crippen LogP contribution in [0.25, 0.3) is 10.9 Å². The lowest BCUT2D eigenvalue weighted by Crippen LogP contribution is -2.44. The van der Waals surface area contributed by atoms with Gasteiger partial charge < -0.3 is 5.32 Å². The Morgan fingerprint density at radius 2 is 1.86 bits per heavy atom. The molecule has 5 heteroatoms. The van der Waals surface area contributed by atoms with Crippen LogP contribution in [-0.2, 0) is 6.54 Å².